The van der Waals surface area contributed by atoms with Crippen LogP contribution in [-0.2, 0) is 13.6 Å². The summed E-state index contributed by atoms with van der Waals surface area (Å²) in [6.07, 6.45) is 0.0585. The van der Waals surface area contributed by atoms with E-state index in [0.29, 0.717) is 5.56 Å². The molecule has 0 aliphatic carbocycles. The average Bonchev–Trinajstić information content (AvgIpc) is 2.61. The Morgan fingerprint density at radius 1 is 1.00 bits per heavy atom. The lowest BCUT2D eigenvalue weighted by Crippen LogP contribution is -2.12. The van der Waals surface area contributed by atoms with Crippen molar-refractivity contribution in [3.05, 3.63) is 70.2 Å². The smallest absolute Gasteiger partial charge is 0.308 e. The monoisotopic (exact) mass is 424 g/mol. The van der Waals surface area contributed by atoms with Crippen LogP contribution in [0.3, 0.4) is 0 Å². The van der Waals surface area contributed by atoms with Crippen LogP contribution in [-0.4, -0.2) is 19.0 Å². The molecule has 4 nitrogen and oxygen atoms in total. The van der Waals surface area contributed by atoms with Crippen LogP contribution in [0.15, 0.2) is 59.1 Å². The standard InChI is InChI=1S/C19H22BrO4P/c1-3-23-25(22,24-4-2)19(16-8-6-5-7-9-16)14-18(21)15-10-12-17(20)13-11-15/h5-13,19H,3-4,14H2,1-2H3. The Morgan fingerprint density at radius 2 is 1.56 bits per heavy atom. The lowest BCUT2D eigenvalue weighted by atomic mass is 10.0. The molecule has 0 radical (unpaired) electrons. The maximum Gasteiger partial charge on any atom is 0.338 e. The summed E-state index contributed by atoms with van der Waals surface area (Å²) in [5, 5.41) is 0. The van der Waals surface area contributed by atoms with E-state index in [1.54, 1.807) is 26.0 Å². The zero-order valence-corrected chi connectivity index (χ0v) is 16.8. The Balaban J connectivity index is 2.36. The molecule has 0 saturated carbocycles. The Hall–Kier alpha value is -1.26. The minimum atomic E-state index is -3.47. The van der Waals surface area contributed by atoms with Crippen molar-refractivity contribution in [3.63, 3.8) is 0 Å². The van der Waals surface area contributed by atoms with Crippen LogP contribution in [0.1, 0.15) is 41.8 Å². The van der Waals surface area contributed by atoms with Gasteiger partial charge in [-0.25, -0.2) is 0 Å². The van der Waals surface area contributed by atoms with Crippen molar-refractivity contribution in [2.24, 2.45) is 0 Å². The second kappa shape index (κ2) is 9.44. The van der Waals surface area contributed by atoms with E-state index in [4.69, 9.17) is 9.05 Å². The van der Waals surface area contributed by atoms with E-state index in [1.165, 1.54) is 0 Å². The highest BCUT2D eigenvalue weighted by atomic mass is 79.9. The molecule has 0 spiro atoms. The van der Waals surface area contributed by atoms with Crippen LogP contribution in [0.5, 0.6) is 0 Å². The molecule has 2 rings (SSSR count). The minimum absolute atomic E-state index is 0.0585. The topological polar surface area (TPSA) is 52.6 Å². The molecule has 0 N–H and O–H groups in total. The molecule has 0 amide bonds. The Labute approximate surface area is 157 Å². The number of hydrogen-bond donors (Lipinski definition) is 0. The average molecular weight is 425 g/mol. The quantitative estimate of drug-likeness (QED) is 0.364. The number of carbonyl (C=O) groups excluding carboxylic acids is 1. The molecule has 0 fully saturated rings. The number of Topliss-reactive ketones (excluding diaryl/α,β-unsaturated/α-hetero) is 1. The summed E-state index contributed by atoms with van der Waals surface area (Å²) in [5.41, 5.74) is 0.714. The molecule has 6 heteroatoms. The molecule has 0 aromatic heterocycles. The Kier molecular flexibility index (Phi) is 7.57. The van der Waals surface area contributed by atoms with Crippen LogP contribution in [0.25, 0.3) is 0 Å². The fourth-order valence-corrected chi connectivity index (χ4v) is 4.94. The molecule has 0 aliphatic rings. The fraction of sp³-hybridized carbons (Fsp3) is 0.316. The highest BCUT2D eigenvalue weighted by Crippen LogP contribution is 2.62. The summed E-state index contributed by atoms with van der Waals surface area (Å²) in [4.78, 5) is 12.7. The van der Waals surface area contributed by atoms with Gasteiger partial charge >= 0.3 is 7.60 Å². The Bertz CT molecular complexity index is 721. The highest BCUT2D eigenvalue weighted by Gasteiger charge is 2.38. The number of benzene rings is 2. The molecule has 2 aromatic carbocycles. The summed E-state index contributed by atoms with van der Waals surface area (Å²) >= 11 is 3.36. The third-order valence-electron chi connectivity index (χ3n) is 3.73. The summed E-state index contributed by atoms with van der Waals surface area (Å²) in [7, 11) is -3.47. The van der Waals surface area contributed by atoms with Crippen molar-refractivity contribution in [1.82, 2.24) is 0 Å². The van der Waals surface area contributed by atoms with Crippen LogP contribution in [0.2, 0.25) is 0 Å². The second-order valence-corrected chi connectivity index (χ2v) is 8.57. The summed E-state index contributed by atoms with van der Waals surface area (Å²) in [6, 6.07) is 16.4. The van der Waals surface area contributed by atoms with E-state index in [9.17, 15) is 9.36 Å². The number of ketones is 1. The van der Waals surface area contributed by atoms with Crippen molar-refractivity contribution >= 4 is 29.3 Å². The van der Waals surface area contributed by atoms with Crippen LogP contribution in [0.4, 0.5) is 0 Å². The maximum absolute atomic E-state index is 13.3. The van der Waals surface area contributed by atoms with Crippen LogP contribution in [0, 0.1) is 0 Å². The number of carbonyl (C=O) groups is 1. The predicted molar refractivity (Wildman–Crippen MR) is 103 cm³/mol. The third-order valence-corrected chi connectivity index (χ3v) is 6.74. The van der Waals surface area contributed by atoms with Gasteiger partial charge in [0, 0.05) is 16.5 Å². The van der Waals surface area contributed by atoms with Gasteiger partial charge in [-0.3, -0.25) is 9.36 Å². The van der Waals surface area contributed by atoms with Crippen molar-refractivity contribution < 1.29 is 18.4 Å². The molecular formula is C19H22BrO4P. The van der Waals surface area contributed by atoms with Gasteiger partial charge in [-0.15, -0.1) is 0 Å². The first-order valence-corrected chi connectivity index (χ1v) is 10.6. The van der Waals surface area contributed by atoms with Gasteiger partial charge in [0.25, 0.3) is 0 Å². The van der Waals surface area contributed by atoms with Gasteiger partial charge in [-0.2, -0.15) is 0 Å². The predicted octanol–water partition coefficient (Wildman–Crippen LogP) is 6.03. The number of rotatable bonds is 9. The molecule has 1 unspecified atom stereocenters. The molecule has 25 heavy (non-hydrogen) atoms. The molecular weight excluding hydrogens is 403 g/mol. The van der Waals surface area contributed by atoms with Crippen molar-refractivity contribution in [1.29, 1.82) is 0 Å². The van der Waals surface area contributed by atoms with Gasteiger partial charge in [-0.1, -0.05) is 58.4 Å². The van der Waals surface area contributed by atoms with E-state index in [-0.39, 0.29) is 25.4 Å². The van der Waals surface area contributed by atoms with Gasteiger partial charge in [0.2, 0.25) is 0 Å². The number of hydrogen-bond acceptors (Lipinski definition) is 4. The summed E-state index contributed by atoms with van der Waals surface area (Å²) < 4.78 is 25.3. The first-order chi connectivity index (χ1) is 12.0. The lowest BCUT2D eigenvalue weighted by molar-refractivity contribution is 0.0973. The molecule has 134 valence electrons. The van der Waals surface area contributed by atoms with Crippen LogP contribution >= 0.6 is 23.5 Å². The van der Waals surface area contributed by atoms with Gasteiger partial charge in [0.15, 0.2) is 5.78 Å². The molecule has 0 aliphatic heterocycles. The van der Waals surface area contributed by atoms with Crippen LogP contribution < -0.4 is 0 Å². The van der Waals surface area contributed by atoms with E-state index < -0.39 is 13.3 Å². The first-order valence-electron chi connectivity index (χ1n) is 8.22. The normalized spacial score (nSPS) is 12.8. The van der Waals surface area contributed by atoms with Gasteiger partial charge < -0.3 is 9.05 Å². The molecule has 1 atom stereocenters. The highest BCUT2D eigenvalue weighted by molar-refractivity contribution is 9.10. The van der Waals surface area contributed by atoms with Crippen molar-refractivity contribution in [2.45, 2.75) is 25.9 Å². The fourth-order valence-electron chi connectivity index (χ4n) is 2.59. The maximum atomic E-state index is 13.3. The van der Waals surface area contributed by atoms with E-state index in [1.807, 2.05) is 42.5 Å². The SMILES string of the molecule is CCOP(=O)(OCC)C(CC(=O)c1ccc(Br)cc1)c1ccccc1. The summed E-state index contributed by atoms with van der Waals surface area (Å²) in [6.45, 7) is 4.05. The van der Waals surface area contributed by atoms with Gasteiger partial charge in [0.05, 0.1) is 18.9 Å². The second-order valence-electron chi connectivity index (χ2n) is 5.44. The minimum Gasteiger partial charge on any atom is -0.308 e. The van der Waals surface area contributed by atoms with Crippen molar-refractivity contribution in [3.8, 4) is 0 Å². The molecule has 2 aromatic rings. The third kappa shape index (κ3) is 5.35. The molecule has 0 saturated heterocycles. The zero-order chi connectivity index (χ0) is 18.3. The van der Waals surface area contributed by atoms with E-state index >= 15 is 0 Å². The molecule has 0 heterocycles. The van der Waals surface area contributed by atoms with E-state index in [0.717, 1.165) is 10.0 Å². The largest absolute Gasteiger partial charge is 0.338 e. The number of halogens is 1. The first kappa shape index (κ1) is 20.1. The van der Waals surface area contributed by atoms with Gasteiger partial charge in [-0.05, 0) is 31.5 Å². The summed E-state index contributed by atoms with van der Waals surface area (Å²) in [5.74, 6) is -0.0963. The Morgan fingerprint density at radius 3 is 2.08 bits per heavy atom. The lowest BCUT2D eigenvalue weighted by Gasteiger charge is -2.26. The zero-order valence-electron chi connectivity index (χ0n) is 14.4. The van der Waals surface area contributed by atoms with E-state index in [2.05, 4.69) is 15.9 Å². The van der Waals surface area contributed by atoms with Crippen molar-refractivity contribution in [2.75, 3.05) is 13.2 Å². The molecule has 0 bridgehead atoms. The van der Waals surface area contributed by atoms with Gasteiger partial charge in [0.1, 0.15) is 0 Å².